The highest BCUT2D eigenvalue weighted by molar-refractivity contribution is 8.07. The van der Waals surface area contributed by atoms with Crippen molar-refractivity contribution in [2.24, 2.45) is 0 Å². The third-order valence-corrected chi connectivity index (χ3v) is 29.8. The highest BCUT2D eigenvalue weighted by Crippen LogP contribution is 2.58. The number of phosphoric ester groups is 3. The van der Waals surface area contributed by atoms with Crippen LogP contribution in [0.15, 0.2) is 77.1 Å². The topological polar surface area (TPSA) is 830 Å². The van der Waals surface area contributed by atoms with Crippen LogP contribution < -0.4 is 51.2 Å². The summed E-state index contributed by atoms with van der Waals surface area (Å²) in [7, 11) is -11.3. The molecule has 17 heterocycles. The van der Waals surface area contributed by atoms with E-state index in [0.29, 0.717) is 16.9 Å². The largest absolute Gasteiger partial charge is 0.472 e. The van der Waals surface area contributed by atoms with Crippen LogP contribution in [0.2, 0.25) is 0 Å². The van der Waals surface area contributed by atoms with Crippen molar-refractivity contribution in [1.82, 2.24) is 102 Å². The molecule has 17 rings (SSSR count). The van der Waals surface area contributed by atoms with Crippen molar-refractivity contribution in [3.05, 3.63) is 99.5 Å². The molecule has 6 aliphatic heterocycles. The van der Waals surface area contributed by atoms with Crippen molar-refractivity contribution in [3.63, 3.8) is 0 Å². The van der Waals surface area contributed by atoms with E-state index in [1.54, 1.807) is 17.6 Å². The first-order chi connectivity index (χ1) is 68.8. The van der Waals surface area contributed by atoms with E-state index in [9.17, 15) is 53.1 Å². The first-order valence-corrected chi connectivity index (χ1v) is 53.6. The maximum Gasteiger partial charge on any atom is 0.472 e. The summed E-state index contributed by atoms with van der Waals surface area (Å²) in [4.78, 5) is 162. The molecule has 20 N–H and O–H groups in total. The molecule has 9 unspecified atom stereocenters. The van der Waals surface area contributed by atoms with Crippen molar-refractivity contribution >= 4 is 151 Å². The van der Waals surface area contributed by atoms with E-state index in [0.717, 1.165) is 28.1 Å². The van der Waals surface area contributed by atoms with E-state index in [4.69, 9.17) is 170 Å². The summed E-state index contributed by atoms with van der Waals surface area (Å²) in [5.41, 5.74) is 35.0. The van der Waals surface area contributed by atoms with Crippen molar-refractivity contribution in [1.29, 1.82) is 0 Å². The average Bonchev–Trinajstić information content (AvgIpc) is 1.60. The van der Waals surface area contributed by atoms with E-state index in [2.05, 4.69) is 74.8 Å². The number of methoxy groups -OCH3 is 4. The Balaban J connectivity index is 0.647. The second-order valence-corrected chi connectivity index (χ2v) is 42.8. The van der Waals surface area contributed by atoms with E-state index in [-0.39, 0.29) is 133 Å². The number of nitrogen functional groups attached to an aromatic ring is 6. The minimum absolute atomic E-state index is 0.0217. The molecule has 144 heavy (non-hydrogen) atoms. The quantitative estimate of drug-likeness (QED) is 0.0165. The van der Waals surface area contributed by atoms with Gasteiger partial charge in [0, 0.05) is 59.2 Å². The zero-order valence-corrected chi connectivity index (χ0v) is 82.8. The first kappa shape index (κ1) is 106. The number of anilines is 6. The van der Waals surface area contributed by atoms with Crippen molar-refractivity contribution in [3.8, 4) is 0 Å². The smallest absolute Gasteiger partial charge is 0.397 e. The minimum Gasteiger partial charge on any atom is -0.397 e. The Kier molecular flexibility index (Phi) is 33.0. The van der Waals surface area contributed by atoms with Gasteiger partial charge in [-0.3, -0.25) is 83.1 Å². The van der Waals surface area contributed by atoms with Crippen molar-refractivity contribution in [2.75, 3.05) is 149 Å². The number of H-pyrrole nitrogens is 2. The SMILES string of the molecule is CC[C@H]1O[C@@H](n2cnc3c(N)ncnc32)C[C@H]1OP(=O)(O)OC[C@H]1O[C@@H](n2cnc3c(=O)[nH]c(N)nc32)C[C@H]1OP(=O)(O)OC[C@H]1O[C@@H](n2cnc3c(=O)[nH]c(N)nc32)C(OCCOC)[C@H]1OP(=O)(O)OC[C@H]1O[C@@H](n2cc(C)c(N)nc2=O)C(OCCOC)[C@H]1OP(O)(=S)OC[C@H]1O[C@@H](n2cnc3c(N)ncnc32)C(OCCOC)[C@H]1OP(O)(=S)OC[C@H]1O[C@@H](n2cnc3c(N)ccnc32)C(OCCOC)[C@H]1O. The Hall–Kier alpha value is -9.11. The van der Waals surface area contributed by atoms with Crippen LogP contribution in [0, 0.1) is 6.92 Å². The molecule has 0 bridgehead atoms. The molecule has 0 aliphatic carbocycles. The number of aromatic nitrogens is 21. The maximum absolute atomic E-state index is 15.4. The number of aliphatic hydroxyl groups is 1. The summed E-state index contributed by atoms with van der Waals surface area (Å²) in [5, 5.41) is 12.0. The molecule has 0 saturated carbocycles. The molecule has 6 fully saturated rings. The van der Waals surface area contributed by atoms with Crippen molar-refractivity contribution in [2.45, 2.75) is 168 Å². The Morgan fingerprint density at radius 1 is 0.410 bits per heavy atom. The second-order valence-electron chi connectivity index (χ2n) is 33.0. The number of hydrogen-bond donors (Lipinski definition) is 14. The number of imidazole rings is 5. The number of pyridine rings is 1. The van der Waals surface area contributed by atoms with Crippen LogP contribution in [-0.2, 0) is 149 Å². The van der Waals surface area contributed by atoms with Gasteiger partial charge < -0.3 is 139 Å². The van der Waals surface area contributed by atoms with Crippen LogP contribution in [0.1, 0.15) is 69.1 Å². The number of fused-ring (bicyclic) bond motifs is 5. The number of aliphatic hydroxyl groups excluding tert-OH is 1. The number of ether oxygens (including phenoxy) is 14. The molecular formula is C74H102N27O36P5S2. The molecule has 0 radical (unpaired) electrons. The number of aryl methyl sites for hydroxylation is 1. The summed E-state index contributed by atoms with van der Waals surface area (Å²) < 4.78 is 198. The second kappa shape index (κ2) is 44.7. The summed E-state index contributed by atoms with van der Waals surface area (Å²) >= 11 is 11.6. The average molecular weight is 2160 g/mol. The fourth-order valence-electron chi connectivity index (χ4n) is 17.0. The fraction of sp³-hybridized carbons (Fsp3) is 0.595. The molecular weight excluding hydrogens is 2060 g/mol. The van der Waals surface area contributed by atoms with Crippen LogP contribution in [0.4, 0.5) is 35.0 Å². The lowest BCUT2D eigenvalue weighted by Gasteiger charge is -2.30. The third kappa shape index (κ3) is 23.3. The Morgan fingerprint density at radius 2 is 0.785 bits per heavy atom. The number of phosphoric acid groups is 3. The van der Waals surface area contributed by atoms with Gasteiger partial charge in [0.1, 0.15) is 133 Å². The lowest BCUT2D eigenvalue weighted by molar-refractivity contribution is -0.0838. The normalized spacial score (nSPS) is 28.9. The Labute approximate surface area is 820 Å². The van der Waals surface area contributed by atoms with Gasteiger partial charge in [-0.25, -0.2) is 68.3 Å². The fourth-order valence-corrected chi connectivity index (χ4v) is 22.8. The predicted molar refractivity (Wildman–Crippen MR) is 496 cm³/mol. The van der Waals surface area contributed by atoms with Gasteiger partial charge in [0.25, 0.3) is 11.1 Å². The molecule has 786 valence electrons. The molecule has 6 saturated heterocycles. The summed E-state index contributed by atoms with van der Waals surface area (Å²) in [5.74, 6) is -0.946. The van der Waals surface area contributed by atoms with Crippen LogP contribution in [0.3, 0.4) is 0 Å². The van der Waals surface area contributed by atoms with Gasteiger partial charge in [-0.1, -0.05) is 6.92 Å². The Bertz CT molecular complexity index is 6860. The Morgan fingerprint density at radius 3 is 1.28 bits per heavy atom. The van der Waals surface area contributed by atoms with Gasteiger partial charge in [0.15, 0.2) is 75.8 Å². The molecule has 11 aromatic heterocycles. The number of hydrogen-bond acceptors (Lipinski definition) is 52. The molecule has 0 aromatic carbocycles. The van der Waals surface area contributed by atoms with Crippen LogP contribution in [0.5, 0.6) is 0 Å². The molecule has 0 amide bonds. The van der Waals surface area contributed by atoms with E-state index < -0.39 is 241 Å². The summed E-state index contributed by atoms with van der Waals surface area (Å²) in [6, 6.07) is 1.55. The van der Waals surface area contributed by atoms with E-state index >= 15 is 4.57 Å². The van der Waals surface area contributed by atoms with Gasteiger partial charge in [-0.05, 0) is 43.0 Å². The van der Waals surface area contributed by atoms with Crippen LogP contribution in [-0.4, -0.2) is 344 Å². The highest BCUT2D eigenvalue weighted by Gasteiger charge is 2.58. The third-order valence-electron chi connectivity index (χ3n) is 23.7. The molecule has 70 heteroatoms. The highest BCUT2D eigenvalue weighted by atomic mass is 32.5. The first-order valence-electron chi connectivity index (χ1n) is 43.9. The zero-order chi connectivity index (χ0) is 102. The van der Waals surface area contributed by atoms with Gasteiger partial charge in [-0.2, -0.15) is 15.0 Å². The van der Waals surface area contributed by atoms with E-state index in [1.807, 2.05) is 0 Å². The van der Waals surface area contributed by atoms with Gasteiger partial charge in [-0.15, -0.1) is 0 Å². The van der Waals surface area contributed by atoms with Crippen LogP contribution >= 0.6 is 36.9 Å². The lowest BCUT2D eigenvalue weighted by Crippen LogP contribution is -2.41. The predicted octanol–water partition coefficient (Wildman–Crippen LogP) is -0.758. The minimum atomic E-state index is -5.91. The van der Waals surface area contributed by atoms with Crippen molar-refractivity contribution < 1.29 is 155 Å². The number of nitrogens with one attached hydrogen (secondary N) is 2. The summed E-state index contributed by atoms with van der Waals surface area (Å²) in [6.45, 7) is -12.7. The van der Waals surface area contributed by atoms with Gasteiger partial charge >= 0.3 is 42.6 Å². The monoisotopic (exact) mass is 2160 g/mol. The molecule has 6 aliphatic rings. The van der Waals surface area contributed by atoms with E-state index in [1.165, 1.54) is 86.8 Å². The number of nitrogens with zero attached hydrogens (tertiary/aromatic N) is 19. The zero-order valence-electron chi connectivity index (χ0n) is 76.7. The number of rotatable bonds is 48. The standard InChI is InChI=1S/C74H102N27O36P5S2/c1-7-35-36(18-43(127-35)97-28-87-46-59(77)82-26-84-62(46)97)133-138(106,107)122-21-38-37(19-44(128-38)98-29-89-48-64(98)92-72(79)94-66(48)103)134-139(108,109)123-23-40-51(55(119-15-11-115-4)71(131-40)101-32-90-49-65(101)93-73(80)95-67(49)104)135-140(110,111)124-24-41-52(56(120-16-12-116-5)69(130-41)96-20-33(2)58(76)91-74(96)105)136-142(113,144)126-25-42-53(57(121-17-13-117-6)70(132-42)100-31-88-47-60(78)83-27-85-63(47)100)137-141(112,143)125-22-39-50(102)54(118-14-10-114-3)68(129-39)99-30-86-45-34(75)8-9-81-61(45)99/h8-9,20,26-32,35-44,50-57,68-71,102H,7,10-19,21-25H2,1-6H3,(H2,75,81)(H,106,107)(H,108,109)(H,110,111)(H,112,143)(H,113,144)(H2,76,91,105)(H2,77,82,84)(H2,78,83,85)(H3,79,92,94,103)(H3,80,93,95,104)/t35-,36-,37-,38-,39-,40-,41-,42-,43-,44-,50+,51+,52+,53+,54?,55?,56?,57?,68-,69-,70-,71-,141?,142?/m1/s1. The van der Waals surface area contributed by atoms with Gasteiger partial charge in [0.2, 0.25) is 11.9 Å². The van der Waals surface area contributed by atoms with Gasteiger partial charge in [0.05, 0.1) is 135 Å². The molecule has 63 nitrogen and oxygen atoms in total. The van der Waals surface area contributed by atoms with Crippen LogP contribution in [0.25, 0.3) is 55.8 Å². The molecule has 11 aromatic rings. The summed E-state index contributed by atoms with van der Waals surface area (Å²) in [6.07, 6.45) is -22.3. The lowest BCUT2D eigenvalue weighted by atomic mass is 10.1. The maximum atomic E-state index is 15.4. The number of aromatic amines is 2. The number of nitrogens with two attached hydrogens (primary N) is 6. The molecule has 27 atom stereocenters. The molecule has 0 spiro atoms.